The highest BCUT2D eigenvalue weighted by molar-refractivity contribution is 5.36. The van der Waals surface area contributed by atoms with Crippen molar-refractivity contribution in [2.24, 2.45) is 5.29 Å². The Morgan fingerprint density at radius 3 is 1.88 bits per heavy atom. The summed E-state index contributed by atoms with van der Waals surface area (Å²) in [5, 5.41) is 16.4. The van der Waals surface area contributed by atoms with Gasteiger partial charge in [0.15, 0.2) is 0 Å². The summed E-state index contributed by atoms with van der Waals surface area (Å²) in [6.45, 7) is 0.176. The number of hydrogen-bond donors (Lipinski definition) is 1. The Labute approximate surface area is 143 Å². The standard InChI is InChI=1S/C20H24N2O2/c23-20(17-10-4-1-5-11-17,18-12-6-2-7-13-18)16-22(21-24)19-14-8-3-9-15-19/h1-2,4-7,10-13,19,23H,3,8-9,14-16H2. The van der Waals surface area contributed by atoms with Gasteiger partial charge >= 0.3 is 0 Å². The fourth-order valence-corrected chi connectivity index (χ4v) is 3.62. The molecule has 1 aliphatic carbocycles. The van der Waals surface area contributed by atoms with E-state index in [9.17, 15) is 10.0 Å². The molecule has 3 rings (SSSR count). The molecule has 0 unspecified atom stereocenters. The third kappa shape index (κ3) is 3.49. The molecule has 0 aliphatic heterocycles. The molecule has 1 aliphatic rings. The Balaban J connectivity index is 1.94. The fourth-order valence-electron chi connectivity index (χ4n) is 3.62. The molecule has 0 atom stereocenters. The SMILES string of the molecule is O=NN(CC(O)(c1ccccc1)c1ccccc1)C1CCCCC1. The van der Waals surface area contributed by atoms with Crippen LogP contribution in [-0.2, 0) is 5.60 Å². The molecule has 0 aromatic heterocycles. The third-order valence-corrected chi connectivity index (χ3v) is 4.99. The van der Waals surface area contributed by atoms with Gasteiger partial charge in [-0.15, -0.1) is 4.91 Å². The van der Waals surface area contributed by atoms with Crippen LogP contribution >= 0.6 is 0 Å². The average Bonchev–Trinajstić information content (AvgIpc) is 2.68. The first-order chi connectivity index (χ1) is 11.7. The zero-order valence-corrected chi connectivity index (χ0v) is 13.8. The number of rotatable bonds is 6. The smallest absolute Gasteiger partial charge is 0.134 e. The molecule has 2 aromatic carbocycles. The van der Waals surface area contributed by atoms with E-state index < -0.39 is 5.60 Å². The van der Waals surface area contributed by atoms with Gasteiger partial charge in [0, 0.05) is 0 Å². The monoisotopic (exact) mass is 324 g/mol. The normalized spacial score (nSPS) is 15.9. The fraction of sp³-hybridized carbons (Fsp3) is 0.400. The van der Waals surface area contributed by atoms with Gasteiger partial charge in [0.25, 0.3) is 0 Å². The first-order valence-electron chi connectivity index (χ1n) is 8.67. The summed E-state index contributed by atoms with van der Waals surface area (Å²) in [6, 6.07) is 19.2. The molecule has 0 heterocycles. The van der Waals surface area contributed by atoms with Gasteiger partial charge in [0.05, 0.1) is 17.9 Å². The van der Waals surface area contributed by atoms with Crippen molar-refractivity contribution < 1.29 is 5.11 Å². The van der Waals surface area contributed by atoms with Crippen LogP contribution in [0.15, 0.2) is 65.9 Å². The van der Waals surface area contributed by atoms with Gasteiger partial charge in [-0.1, -0.05) is 79.9 Å². The summed E-state index contributed by atoms with van der Waals surface area (Å²) in [4.78, 5) is 11.5. The number of nitroso groups, excluding NO2 is 1. The van der Waals surface area contributed by atoms with Crippen molar-refractivity contribution in [3.05, 3.63) is 76.7 Å². The van der Waals surface area contributed by atoms with E-state index in [-0.39, 0.29) is 12.6 Å². The molecule has 1 N–H and O–H groups in total. The van der Waals surface area contributed by atoms with Crippen molar-refractivity contribution in [1.82, 2.24) is 5.01 Å². The predicted molar refractivity (Wildman–Crippen MR) is 95.3 cm³/mol. The highest BCUT2D eigenvalue weighted by atomic mass is 16.3. The summed E-state index contributed by atoms with van der Waals surface area (Å²) in [5.74, 6) is 0. The van der Waals surface area contributed by atoms with Gasteiger partial charge in [-0.3, -0.25) is 5.01 Å². The lowest BCUT2D eigenvalue weighted by molar-refractivity contribution is 0.0129. The topological polar surface area (TPSA) is 52.9 Å². The van der Waals surface area contributed by atoms with E-state index >= 15 is 0 Å². The molecular weight excluding hydrogens is 300 g/mol. The van der Waals surface area contributed by atoms with E-state index in [0.717, 1.165) is 36.8 Å². The lowest BCUT2D eigenvalue weighted by atomic mass is 9.85. The van der Waals surface area contributed by atoms with Crippen LogP contribution in [0.5, 0.6) is 0 Å². The minimum Gasteiger partial charge on any atom is -0.378 e. The molecule has 4 nitrogen and oxygen atoms in total. The second-order valence-electron chi connectivity index (χ2n) is 6.56. The molecule has 0 radical (unpaired) electrons. The van der Waals surface area contributed by atoms with Gasteiger partial charge in [0.2, 0.25) is 0 Å². The summed E-state index contributed by atoms with van der Waals surface area (Å²) >= 11 is 0. The van der Waals surface area contributed by atoms with Gasteiger partial charge in [-0.25, -0.2) is 0 Å². The zero-order chi connectivity index (χ0) is 16.8. The molecule has 2 aromatic rings. The molecule has 126 valence electrons. The van der Waals surface area contributed by atoms with Crippen molar-refractivity contribution >= 4 is 0 Å². The number of hydrogen-bond acceptors (Lipinski definition) is 3. The summed E-state index contributed by atoms with van der Waals surface area (Å²) < 4.78 is 0. The quantitative estimate of drug-likeness (QED) is 0.639. The summed E-state index contributed by atoms with van der Waals surface area (Å²) in [7, 11) is 0. The maximum Gasteiger partial charge on any atom is 0.134 e. The first-order valence-corrected chi connectivity index (χ1v) is 8.67. The Morgan fingerprint density at radius 2 is 1.42 bits per heavy atom. The Morgan fingerprint density at radius 1 is 0.917 bits per heavy atom. The lowest BCUT2D eigenvalue weighted by Gasteiger charge is -2.37. The van der Waals surface area contributed by atoms with Crippen LogP contribution in [0, 0.1) is 4.91 Å². The number of aliphatic hydroxyl groups is 1. The van der Waals surface area contributed by atoms with E-state index in [2.05, 4.69) is 5.29 Å². The predicted octanol–water partition coefficient (Wildman–Crippen LogP) is 4.24. The van der Waals surface area contributed by atoms with Crippen LogP contribution in [0.4, 0.5) is 0 Å². The van der Waals surface area contributed by atoms with Gasteiger partial charge in [-0.05, 0) is 24.0 Å². The second-order valence-corrected chi connectivity index (χ2v) is 6.56. The minimum absolute atomic E-state index is 0.121. The third-order valence-electron chi connectivity index (χ3n) is 4.99. The van der Waals surface area contributed by atoms with Crippen molar-refractivity contribution in [1.29, 1.82) is 0 Å². The maximum atomic E-state index is 11.5. The Kier molecular flexibility index (Phi) is 5.26. The van der Waals surface area contributed by atoms with Crippen LogP contribution in [0.3, 0.4) is 0 Å². The van der Waals surface area contributed by atoms with Gasteiger partial charge < -0.3 is 5.11 Å². The minimum atomic E-state index is -1.26. The number of nitrogens with zero attached hydrogens (tertiary/aromatic N) is 2. The van der Waals surface area contributed by atoms with E-state index in [0.29, 0.717) is 0 Å². The molecule has 4 heteroatoms. The zero-order valence-electron chi connectivity index (χ0n) is 13.8. The molecule has 1 fully saturated rings. The van der Waals surface area contributed by atoms with Crippen molar-refractivity contribution in [3.63, 3.8) is 0 Å². The second kappa shape index (κ2) is 7.58. The number of benzene rings is 2. The van der Waals surface area contributed by atoms with E-state index in [4.69, 9.17) is 0 Å². The van der Waals surface area contributed by atoms with E-state index in [1.54, 1.807) is 5.01 Å². The van der Waals surface area contributed by atoms with Crippen LogP contribution in [0.25, 0.3) is 0 Å². The van der Waals surface area contributed by atoms with Crippen LogP contribution in [0.2, 0.25) is 0 Å². The van der Waals surface area contributed by atoms with E-state index in [1.807, 2.05) is 60.7 Å². The van der Waals surface area contributed by atoms with Crippen molar-refractivity contribution in [2.45, 2.75) is 43.7 Å². The van der Waals surface area contributed by atoms with Crippen molar-refractivity contribution in [3.8, 4) is 0 Å². The van der Waals surface area contributed by atoms with Crippen molar-refractivity contribution in [2.75, 3.05) is 6.54 Å². The lowest BCUT2D eigenvalue weighted by Crippen LogP contribution is -2.44. The molecule has 0 saturated heterocycles. The Bertz CT molecular complexity index is 600. The molecule has 0 spiro atoms. The molecule has 0 bridgehead atoms. The maximum absolute atomic E-state index is 11.5. The van der Waals surface area contributed by atoms with Crippen LogP contribution in [0.1, 0.15) is 43.2 Å². The molecule has 24 heavy (non-hydrogen) atoms. The van der Waals surface area contributed by atoms with E-state index in [1.165, 1.54) is 6.42 Å². The van der Waals surface area contributed by atoms with Gasteiger partial charge in [0.1, 0.15) is 5.60 Å². The van der Waals surface area contributed by atoms with Crippen LogP contribution in [-0.4, -0.2) is 22.7 Å². The summed E-state index contributed by atoms with van der Waals surface area (Å²) in [6.07, 6.45) is 5.37. The molecule has 0 amide bonds. The molecule has 1 saturated carbocycles. The highest BCUT2D eigenvalue weighted by Crippen LogP contribution is 2.33. The largest absolute Gasteiger partial charge is 0.378 e. The average molecular weight is 324 g/mol. The summed E-state index contributed by atoms with van der Waals surface area (Å²) in [5.41, 5.74) is 0.301. The first kappa shape index (κ1) is 16.7. The highest BCUT2D eigenvalue weighted by Gasteiger charge is 2.36. The Hall–Kier alpha value is -2.20. The molecular formula is C20H24N2O2. The van der Waals surface area contributed by atoms with Gasteiger partial charge in [-0.2, -0.15) is 0 Å². The van der Waals surface area contributed by atoms with Crippen LogP contribution < -0.4 is 0 Å².